The van der Waals surface area contributed by atoms with Gasteiger partial charge in [-0.3, -0.25) is 0 Å². The molecule has 0 aliphatic carbocycles. The van der Waals surface area contributed by atoms with Crippen molar-refractivity contribution in [1.29, 1.82) is 0 Å². The molecule has 0 aliphatic heterocycles. The van der Waals surface area contributed by atoms with Crippen LogP contribution < -0.4 is 5.73 Å². The Bertz CT molecular complexity index is 429. The normalized spacial score (nSPS) is 10.8. The molecule has 62 valence electrons. The summed E-state index contributed by atoms with van der Waals surface area (Å²) in [6.45, 7) is 2.04. The Balaban J connectivity index is 2.99. The summed E-state index contributed by atoms with van der Waals surface area (Å²) in [5, 5.41) is 1.07. The summed E-state index contributed by atoms with van der Waals surface area (Å²) in [5.41, 5.74) is 8.75. The highest BCUT2D eigenvalue weighted by Crippen LogP contribution is 2.23. The van der Waals surface area contributed by atoms with Gasteiger partial charge in [-0.05, 0) is 18.6 Å². The van der Waals surface area contributed by atoms with E-state index in [1.807, 2.05) is 30.8 Å². The summed E-state index contributed by atoms with van der Waals surface area (Å²) >= 11 is 0. The molecule has 3 nitrogen and oxygen atoms in total. The van der Waals surface area contributed by atoms with E-state index >= 15 is 0 Å². The predicted octanol–water partition coefficient (Wildman–Crippen LogP) is 1.46. The van der Waals surface area contributed by atoms with Crippen LogP contribution in [0.25, 0.3) is 11.0 Å². The van der Waals surface area contributed by atoms with Gasteiger partial charge in [0, 0.05) is 24.8 Å². The Hall–Kier alpha value is -1.51. The molecule has 2 N–H and O–H groups in total. The molecule has 0 aromatic carbocycles. The van der Waals surface area contributed by atoms with E-state index < -0.39 is 0 Å². The first-order chi connectivity index (χ1) is 5.70. The summed E-state index contributed by atoms with van der Waals surface area (Å²) in [4.78, 5) is 4.25. The van der Waals surface area contributed by atoms with Crippen molar-refractivity contribution in [1.82, 2.24) is 9.55 Å². The third kappa shape index (κ3) is 0.794. The lowest BCUT2D eigenvalue weighted by Crippen LogP contribution is -1.87. The minimum atomic E-state index is 0.804. The number of nitrogens with zero attached hydrogens (tertiary/aromatic N) is 2. The molecule has 2 aromatic rings. The second-order valence-corrected chi connectivity index (χ2v) is 3.02. The molecule has 0 saturated carbocycles. The van der Waals surface area contributed by atoms with Crippen molar-refractivity contribution in [2.75, 3.05) is 5.73 Å². The number of pyridine rings is 1. The highest BCUT2D eigenvalue weighted by Gasteiger charge is 2.05. The zero-order valence-corrected chi connectivity index (χ0v) is 7.20. The predicted molar refractivity (Wildman–Crippen MR) is 49.9 cm³/mol. The van der Waals surface area contributed by atoms with Crippen molar-refractivity contribution in [2.45, 2.75) is 6.92 Å². The number of rotatable bonds is 0. The number of anilines is 1. The van der Waals surface area contributed by atoms with Crippen LogP contribution in [-0.2, 0) is 7.05 Å². The zero-order chi connectivity index (χ0) is 8.72. The molecule has 0 atom stereocenters. The van der Waals surface area contributed by atoms with E-state index in [0.717, 1.165) is 16.7 Å². The third-order valence-corrected chi connectivity index (χ3v) is 2.09. The van der Waals surface area contributed by atoms with Crippen molar-refractivity contribution >= 4 is 16.7 Å². The van der Waals surface area contributed by atoms with Crippen LogP contribution in [0, 0.1) is 6.92 Å². The molecule has 2 rings (SSSR count). The lowest BCUT2D eigenvalue weighted by atomic mass is 10.2. The van der Waals surface area contributed by atoms with Crippen molar-refractivity contribution in [2.24, 2.45) is 7.05 Å². The van der Waals surface area contributed by atoms with Crippen LogP contribution in [0.5, 0.6) is 0 Å². The molecule has 2 aromatic heterocycles. The maximum atomic E-state index is 5.82. The summed E-state index contributed by atoms with van der Waals surface area (Å²) in [5.74, 6) is 0. The lowest BCUT2D eigenvalue weighted by Gasteiger charge is -1.96. The maximum Gasteiger partial charge on any atom is 0.141 e. The molecule has 0 saturated heterocycles. The Kier molecular flexibility index (Phi) is 1.33. The van der Waals surface area contributed by atoms with Crippen LogP contribution in [0.4, 0.5) is 5.69 Å². The second kappa shape index (κ2) is 2.24. The van der Waals surface area contributed by atoms with Gasteiger partial charge in [0.25, 0.3) is 0 Å². The molecule has 0 unspecified atom stereocenters. The Morgan fingerprint density at radius 3 is 2.92 bits per heavy atom. The van der Waals surface area contributed by atoms with Crippen LogP contribution in [0.1, 0.15) is 5.56 Å². The molecule has 0 fully saturated rings. The smallest absolute Gasteiger partial charge is 0.141 e. The van der Waals surface area contributed by atoms with Crippen molar-refractivity contribution < 1.29 is 0 Å². The van der Waals surface area contributed by atoms with E-state index in [9.17, 15) is 0 Å². The van der Waals surface area contributed by atoms with Gasteiger partial charge in [-0.15, -0.1) is 0 Å². The maximum absolute atomic E-state index is 5.82. The van der Waals surface area contributed by atoms with Crippen LogP contribution in [-0.4, -0.2) is 9.55 Å². The van der Waals surface area contributed by atoms with Gasteiger partial charge in [0.15, 0.2) is 0 Å². The van der Waals surface area contributed by atoms with Crippen molar-refractivity contribution in [3.05, 3.63) is 24.0 Å². The number of hydrogen-bond donors (Lipinski definition) is 1. The average Bonchev–Trinajstić information content (AvgIpc) is 2.29. The number of nitrogen functional groups attached to an aromatic ring is 1. The van der Waals surface area contributed by atoms with Gasteiger partial charge in [0.1, 0.15) is 5.65 Å². The summed E-state index contributed by atoms with van der Waals surface area (Å²) in [6.07, 6.45) is 3.70. The van der Waals surface area contributed by atoms with E-state index in [2.05, 4.69) is 4.98 Å². The third-order valence-electron chi connectivity index (χ3n) is 2.09. The van der Waals surface area contributed by atoms with Gasteiger partial charge in [-0.2, -0.15) is 0 Å². The standard InChI is InChI=1S/C9H11N3/c1-6-3-4-11-9-8(6)7(10)5-12(9)2/h3-5H,10H2,1-2H3. The number of fused-ring (bicyclic) bond motifs is 1. The number of aryl methyl sites for hydroxylation is 2. The van der Waals surface area contributed by atoms with E-state index in [1.54, 1.807) is 6.20 Å². The fourth-order valence-corrected chi connectivity index (χ4v) is 1.50. The summed E-state index contributed by atoms with van der Waals surface area (Å²) < 4.78 is 1.94. The molecule has 2 heterocycles. The molecule has 0 spiro atoms. The van der Waals surface area contributed by atoms with E-state index in [4.69, 9.17) is 5.73 Å². The van der Waals surface area contributed by atoms with E-state index in [0.29, 0.717) is 0 Å². The van der Waals surface area contributed by atoms with Gasteiger partial charge in [0.2, 0.25) is 0 Å². The minimum Gasteiger partial charge on any atom is -0.397 e. The topological polar surface area (TPSA) is 43.8 Å². The van der Waals surface area contributed by atoms with Crippen LogP contribution >= 0.6 is 0 Å². The largest absolute Gasteiger partial charge is 0.397 e. The van der Waals surface area contributed by atoms with Crippen LogP contribution in [0.15, 0.2) is 18.5 Å². The number of hydrogen-bond acceptors (Lipinski definition) is 2. The molecular formula is C9H11N3. The molecule has 12 heavy (non-hydrogen) atoms. The fraction of sp³-hybridized carbons (Fsp3) is 0.222. The first kappa shape index (κ1) is 7.16. The SMILES string of the molecule is Cc1ccnc2c1c(N)cn2C. The summed E-state index contributed by atoms with van der Waals surface area (Å²) in [6, 6.07) is 1.97. The zero-order valence-electron chi connectivity index (χ0n) is 7.20. The summed E-state index contributed by atoms with van der Waals surface area (Å²) in [7, 11) is 1.95. The van der Waals surface area contributed by atoms with Crippen LogP contribution in [0.3, 0.4) is 0 Å². The van der Waals surface area contributed by atoms with Crippen molar-refractivity contribution in [3.8, 4) is 0 Å². The number of nitrogens with two attached hydrogens (primary N) is 1. The van der Waals surface area contributed by atoms with E-state index in [1.165, 1.54) is 5.56 Å². The van der Waals surface area contributed by atoms with Gasteiger partial charge < -0.3 is 10.3 Å². The van der Waals surface area contributed by atoms with Gasteiger partial charge in [-0.25, -0.2) is 4.98 Å². The van der Waals surface area contributed by atoms with Crippen molar-refractivity contribution in [3.63, 3.8) is 0 Å². The van der Waals surface area contributed by atoms with Gasteiger partial charge >= 0.3 is 0 Å². The Morgan fingerprint density at radius 1 is 1.50 bits per heavy atom. The molecule has 0 aliphatic rings. The fourth-order valence-electron chi connectivity index (χ4n) is 1.50. The highest BCUT2D eigenvalue weighted by molar-refractivity contribution is 5.91. The average molecular weight is 161 g/mol. The minimum absolute atomic E-state index is 0.804. The second-order valence-electron chi connectivity index (χ2n) is 3.02. The molecule has 0 radical (unpaired) electrons. The first-order valence-electron chi connectivity index (χ1n) is 3.86. The Morgan fingerprint density at radius 2 is 2.25 bits per heavy atom. The molecule has 0 amide bonds. The quantitative estimate of drug-likeness (QED) is 0.635. The van der Waals surface area contributed by atoms with Gasteiger partial charge in [-0.1, -0.05) is 0 Å². The van der Waals surface area contributed by atoms with E-state index in [-0.39, 0.29) is 0 Å². The Labute approximate surface area is 70.8 Å². The molecular weight excluding hydrogens is 150 g/mol. The molecule has 3 heteroatoms. The van der Waals surface area contributed by atoms with Gasteiger partial charge in [0.05, 0.1) is 5.69 Å². The lowest BCUT2D eigenvalue weighted by molar-refractivity contribution is 0.949. The van der Waals surface area contributed by atoms with Crippen LogP contribution in [0.2, 0.25) is 0 Å². The highest BCUT2D eigenvalue weighted by atomic mass is 15.0. The molecule has 0 bridgehead atoms. The number of aromatic nitrogens is 2. The first-order valence-corrected chi connectivity index (χ1v) is 3.86. The monoisotopic (exact) mass is 161 g/mol.